The number of imidazole rings is 1. The van der Waals surface area contributed by atoms with E-state index < -0.39 is 0 Å². The summed E-state index contributed by atoms with van der Waals surface area (Å²) in [5.74, 6) is 1.40. The van der Waals surface area contributed by atoms with E-state index >= 15 is 0 Å². The fourth-order valence-corrected chi connectivity index (χ4v) is 5.42. The van der Waals surface area contributed by atoms with E-state index in [0.29, 0.717) is 5.78 Å². The van der Waals surface area contributed by atoms with E-state index in [-0.39, 0.29) is 0 Å². The number of aromatic amines is 1. The molecule has 196 valence electrons. The van der Waals surface area contributed by atoms with Gasteiger partial charge in [-0.2, -0.15) is 10.2 Å². The molecule has 0 amide bonds. The monoisotopic (exact) mass is 533 g/mol. The number of fused-ring (bicyclic) bond motifs is 3. The number of nitrogens with one attached hydrogen (secondary N) is 1. The van der Waals surface area contributed by atoms with Crippen LogP contribution in [-0.2, 0) is 0 Å². The summed E-state index contributed by atoms with van der Waals surface area (Å²) in [5, 5.41) is 9.52. The number of benzene rings is 3. The second-order valence-corrected chi connectivity index (χ2v) is 9.81. The minimum absolute atomic E-state index is 0.616. The Morgan fingerprint density at radius 3 is 2.37 bits per heavy atom. The number of aromatic nitrogens is 9. The van der Waals surface area contributed by atoms with Crippen LogP contribution in [0, 0.1) is 6.92 Å². The summed E-state index contributed by atoms with van der Waals surface area (Å²) in [6, 6.07) is 30.8. The van der Waals surface area contributed by atoms with Gasteiger partial charge in [0.15, 0.2) is 5.82 Å². The lowest BCUT2D eigenvalue weighted by molar-refractivity contribution is 0.760. The van der Waals surface area contributed by atoms with Crippen LogP contribution in [0.5, 0.6) is 0 Å². The van der Waals surface area contributed by atoms with E-state index in [4.69, 9.17) is 15.1 Å². The molecule has 8 aromatic rings. The highest BCUT2D eigenvalue weighted by atomic mass is 15.4. The molecule has 0 aliphatic heterocycles. The first kappa shape index (κ1) is 23.1. The van der Waals surface area contributed by atoms with Gasteiger partial charge in [0, 0.05) is 18.0 Å². The van der Waals surface area contributed by atoms with Crippen molar-refractivity contribution in [2.45, 2.75) is 6.92 Å². The van der Waals surface area contributed by atoms with Crippen molar-refractivity contribution < 1.29 is 0 Å². The van der Waals surface area contributed by atoms with Gasteiger partial charge in [-0.25, -0.2) is 24.3 Å². The van der Waals surface area contributed by atoms with E-state index in [1.54, 1.807) is 11.0 Å². The molecule has 0 atom stereocenters. The van der Waals surface area contributed by atoms with Gasteiger partial charge in [-0.05, 0) is 54.4 Å². The molecule has 1 N–H and O–H groups in total. The molecular formula is C32H23N9. The molecule has 9 nitrogen and oxygen atoms in total. The third-order valence-corrected chi connectivity index (χ3v) is 7.32. The van der Waals surface area contributed by atoms with Crippen molar-refractivity contribution in [1.82, 2.24) is 43.9 Å². The molecule has 5 aromatic heterocycles. The molecule has 0 unspecified atom stereocenters. The number of hydrogen-bond acceptors (Lipinski definition) is 5. The predicted octanol–water partition coefficient (Wildman–Crippen LogP) is 6.29. The Kier molecular flexibility index (Phi) is 5.14. The van der Waals surface area contributed by atoms with Gasteiger partial charge in [0.05, 0.1) is 39.4 Å². The molecule has 0 spiro atoms. The number of rotatable bonds is 5. The number of nitrogens with zero attached hydrogens (tertiary/aromatic N) is 8. The molecule has 0 radical (unpaired) electrons. The van der Waals surface area contributed by atoms with Crippen molar-refractivity contribution in [2.24, 2.45) is 0 Å². The summed E-state index contributed by atoms with van der Waals surface area (Å²) < 4.78 is 5.78. The van der Waals surface area contributed by atoms with E-state index in [9.17, 15) is 0 Å². The van der Waals surface area contributed by atoms with Crippen LogP contribution in [0.2, 0.25) is 0 Å². The first-order chi connectivity index (χ1) is 20.2. The van der Waals surface area contributed by atoms with Gasteiger partial charge in [0.25, 0.3) is 0 Å². The maximum absolute atomic E-state index is 5.03. The fourth-order valence-electron chi connectivity index (χ4n) is 5.42. The lowest BCUT2D eigenvalue weighted by Gasteiger charge is -2.13. The van der Waals surface area contributed by atoms with Crippen LogP contribution in [0.4, 0.5) is 0 Å². The van der Waals surface area contributed by atoms with E-state index in [1.807, 2.05) is 72.5 Å². The SMILES string of the molecule is Cc1nn(-c2ccccc2)c(-n2cncn2)c1-c1cc(-c2ccc(-c3cc[nH]c3)cc2)nc2nc3ccccc3n12. The summed E-state index contributed by atoms with van der Waals surface area (Å²) in [6.07, 6.45) is 7.16. The van der Waals surface area contributed by atoms with Crippen molar-refractivity contribution in [3.8, 4) is 45.1 Å². The molecule has 0 saturated carbocycles. The minimum atomic E-state index is 0.616. The molecule has 5 heterocycles. The molecule has 0 aliphatic rings. The number of H-pyrrole nitrogens is 1. The van der Waals surface area contributed by atoms with Crippen molar-refractivity contribution in [3.05, 3.63) is 122 Å². The van der Waals surface area contributed by atoms with E-state index in [1.165, 1.54) is 6.33 Å². The molecular weight excluding hydrogens is 510 g/mol. The molecule has 0 fully saturated rings. The van der Waals surface area contributed by atoms with Gasteiger partial charge in [0.2, 0.25) is 5.78 Å². The van der Waals surface area contributed by atoms with Crippen molar-refractivity contribution >= 4 is 16.8 Å². The summed E-state index contributed by atoms with van der Waals surface area (Å²) in [6.45, 7) is 2.02. The second kappa shape index (κ2) is 9.13. The average Bonchev–Trinajstić information content (AvgIpc) is 3.83. The predicted molar refractivity (Wildman–Crippen MR) is 158 cm³/mol. The highest BCUT2D eigenvalue weighted by Gasteiger charge is 2.25. The minimum Gasteiger partial charge on any atom is -0.367 e. The second-order valence-electron chi connectivity index (χ2n) is 9.81. The summed E-state index contributed by atoms with van der Waals surface area (Å²) in [5.41, 5.74) is 9.53. The van der Waals surface area contributed by atoms with Gasteiger partial charge in [0.1, 0.15) is 12.7 Å². The molecule has 9 heteroatoms. The highest BCUT2D eigenvalue weighted by Crippen LogP contribution is 2.36. The zero-order chi connectivity index (χ0) is 27.3. The van der Waals surface area contributed by atoms with Gasteiger partial charge in [-0.3, -0.25) is 4.40 Å². The van der Waals surface area contributed by atoms with Gasteiger partial charge < -0.3 is 4.98 Å². The van der Waals surface area contributed by atoms with E-state index in [2.05, 4.69) is 61.9 Å². The van der Waals surface area contributed by atoms with E-state index in [0.717, 1.165) is 61.9 Å². The Morgan fingerprint density at radius 2 is 1.59 bits per heavy atom. The Morgan fingerprint density at radius 1 is 0.780 bits per heavy atom. The molecule has 0 bridgehead atoms. The summed E-state index contributed by atoms with van der Waals surface area (Å²) in [7, 11) is 0. The third kappa shape index (κ3) is 3.75. The van der Waals surface area contributed by atoms with Crippen LogP contribution in [0.3, 0.4) is 0 Å². The van der Waals surface area contributed by atoms with Crippen LogP contribution in [0.25, 0.3) is 62.0 Å². The van der Waals surface area contributed by atoms with Crippen molar-refractivity contribution in [3.63, 3.8) is 0 Å². The van der Waals surface area contributed by atoms with Crippen LogP contribution in [-0.4, -0.2) is 43.9 Å². The van der Waals surface area contributed by atoms with Crippen molar-refractivity contribution in [1.29, 1.82) is 0 Å². The molecule has 0 saturated heterocycles. The quantitative estimate of drug-likeness (QED) is 0.281. The maximum Gasteiger partial charge on any atom is 0.235 e. The number of para-hydroxylation sites is 3. The molecule has 8 rings (SSSR count). The largest absolute Gasteiger partial charge is 0.367 e. The average molecular weight is 534 g/mol. The summed E-state index contributed by atoms with van der Waals surface area (Å²) in [4.78, 5) is 17.3. The standard InChI is InChI=1S/C32H23N9/c1-21-30(31(39-20-34-19-35-39)41(38-21)25-7-3-2-4-8-25)29-17-27(23-13-11-22(12-14-23)24-15-16-33-18-24)37-32-36-26-9-5-6-10-28(26)40(29)32/h2-20,33H,1H3. The van der Waals surface area contributed by atoms with Crippen LogP contribution < -0.4 is 0 Å². The Balaban J connectivity index is 1.42. The van der Waals surface area contributed by atoms with Gasteiger partial charge >= 0.3 is 0 Å². The van der Waals surface area contributed by atoms with Gasteiger partial charge in [-0.15, -0.1) is 0 Å². The maximum atomic E-state index is 5.03. The highest BCUT2D eigenvalue weighted by molar-refractivity contribution is 5.86. The third-order valence-electron chi connectivity index (χ3n) is 7.32. The molecule has 41 heavy (non-hydrogen) atoms. The van der Waals surface area contributed by atoms with Gasteiger partial charge in [-0.1, -0.05) is 54.6 Å². The Hall–Kier alpha value is -5.83. The lowest BCUT2D eigenvalue weighted by Crippen LogP contribution is -2.08. The normalized spacial score (nSPS) is 11.5. The van der Waals surface area contributed by atoms with Crippen molar-refractivity contribution in [2.75, 3.05) is 0 Å². The van der Waals surface area contributed by atoms with Crippen LogP contribution >= 0.6 is 0 Å². The first-order valence-corrected chi connectivity index (χ1v) is 13.3. The molecule has 0 aliphatic carbocycles. The fraction of sp³-hybridized carbons (Fsp3) is 0.0312. The topological polar surface area (TPSA) is 94.5 Å². The van der Waals surface area contributed by atoms with Crippen LogP contribution in [0.1, 0.15) is 5.69 Å². The first-order valence-electron chi connectivity index (χ1n) is 13.3. The zero-order valence-electron chi connectivity index (χ0n) is 22.0. The summed E-state index contributed by atoms with van der Waals surface area (Å²) >= 11 is 0. The smallest absolute Gasteiger partial charge is 0.235 e. The number of hydrogen-bond donors (Lipinski definition) is 1. The zero-order valence-corrected chi connectivity index (χ0v) is 22.0. The van der Waals surface area contributed by atoms with Crippen LogP contribution in [0.15, 0.2) is 116 Å². The molecule has 3 aromatic carbocycles. The lowest BCUT2D eigenvalue weighted by atomic mass is 10.0. The number of aryl methyl sites for hydroxylation is 1. The Labute approximate surface area is 234 Å². The Bertz CT molecular complexity index is 2140.